The maximum atomic E-state index is 10.2. The van der Waals surface area contributed by atoms with E-state index in [4.69, 9.17) is 4.55 Å². The summed E-state index contributed by atoms with van der Waals surface area (Å²) >= 11 is 3.27. The SMILES string of the molecule is O=S(=O)(O)CCCCCCBr. The molecule has 0 fully saturated rings. The van der Waals surface area contributed by atoms with E-state index < -0.39 is 10.1 Å². The number of unbranched alkanes of at least 4 members (excludes halogenated alkanes) is 3. The van der Waals surface area contributed by atoms with E-state index >= 15 is 0 Å². The summed E-state index contributed by atoms with van der Waals surface area (Å²) < 4.78 is 28.8. The van der Waals surface area contributed by atoms with Crippen LogP contribution >= 0.6 is 15.9 Å². The first kappa shape index (κ1) is 11.4. The minimum absolute atomic E-state index is 0.102. The van der Waals surface area contributed by atoms with Crippen molar-refractivity contribution in [3.8, 4) is 0 Å². The highest BCUT2D eigenvalue weighted by Gasteiger charge is 2.02. The summed E-state index contributed by atoms with van der Waals surface area (Å²) in [5.41, 5.74) is 0. The molecule has 0 bridgehead atoms. The van der Waals surface area contributed by atoms with Crippen molar-refractivity contribution in [1.29, 1.82) is 0 Å². The Hall–Kier alpha value is 0.390. The van der Waals surface area contributed by atoms with Crippen LogP contribution in [0.4, 0.5) is 0 Å². The van der Waals surface area contributed by atoms with Crippen LogP contribution in [-0.4, -0.2) is 24.1 Å². The smallest absolute Gasteiger partial charge is 0.264 e. The third kappa shape index (κ3) is 10.4. The Kier molecular flexibility index (Phi) is 6.18. The van der Waals surface area contributed by atoms with Crippen LogP contribution in [0.25, 0.3) is 0 Å². The Morgan fingerprint density at radius 2 is 1.64 bits per heavy atom. The van der Waals surface area contributed by atoms with Gasteiger partial charge in [0.25, 0.3) is 10.1 Å². The van der Waals surface area contributed by atoms with Crippen LogP contribution in [0.1, 0.15) is 25.7 Å². The molecule has 0 atom stereocenters. The number of hydrogen-bond acceptors (Lipinski definition) is 2. The Morgan fingerprint density at radius 1 is 1.09 bits per heavy atom. The van der Waals surface area contributed by atoms with E-state index in [1.165, 1.54) is 0 Å². The zero-order chi connectivity index (χ0) is 8.74. The van der Waals surface area contributed by atoms with Gasteiger partial charge in [0, 0.05) is 5.33 Å². The quantitative estimate of drug-likeness (QED) is 0.441. The highest BCUT2D eigenvalue weighted by Crippen LogP contribution is 2.02. The second-order valence-electron chi connectivity index (χ2n) is 2.39. The minimum atomic E-state index is -3.72. The van der Waals surface area contributed by atoms with Crippen molar-refractivity contribution in [2.45, 2.75) is 25.7 Å². The average molecular weight is 245 g/mol. The summed E-state index contributed by atoms with van der Waals surface area (Å²) in [6.45, 7) is 0. The van der Waals surface area contributed by atoms with Crippen molar-refractivity contribution in [2.75, 3.05) is 11.1 Å². The Morgan fingerprint density at radius 3 is 2.09 bits per heavy atom. The molecule has 0 radical (unpaired) electrons. The van der Waals surface area contributed by atoms with E-state index in [9.17, 15) is 8.42 Å². The van der Waals surface area contributed by atoms with Gasteiger partial charge in [0.2, 0.25) is 0 Å². The molecule has 0 aliphatic carbocycles. The predicted octanol–water partition coefficient (Wildman–Crippen LogP) is 1.83. The first-order valence-corrected chi connectivity index (χ1v) is 6.30. The molecule has 1 N–H and O–H groups in total. The van der Waals surface area contributed by atoms with Crippen molar-refractivity contribution in [1.82, 2.24) is 0 Å². The third-order valence-corrected chi connectivity index (χ3v) is 2.65. The van der Waals surface area contributed by atoms with Crippen molar-refractivity contribution in [3.63, 3.8) is 0 Å². The van der Waals surface area contributed by atoms with Crippen molar-refractivity contribution >= 4 is 26.0 Å². The molecule has 3 nitrogen and oxygen atoms in total. The molecule has 0 aliphatic heterocycles. The molecule has 0 saturated carbocycles. The molecule has 0 aromatic carbocycles. The molecule has 0 aromatic heterocycles. The van der Waals surface area contributed by atoms with Gasteiger partial charge in [-0.2, -0.15) is 8.42 Å². The number of alkyl halides is 1. The summed E-state index contributed by atoms with van der Waals surface area (Å²) in [5, 5.41) is 0.957. The molecule has 0 rings (SSSR count). The Bertz CT molecular complexity index is 176. The lowest BCUT2D eigenvalue weighted by Crippen LogP contribution is -2.03. The van der Waals surface area contributed by atoms with Gasteiger partial charge in [-0.05, 0) is 12.8 Å². The van der Waals surface area contributed by atoms with Crippen LogP contribution in [0, 0.1) is 0 Å². The molecule has 0 amide bonds. The second kappa shape index (κ2) is 5.97. The lowest BCUT2D eigenvalue weighted by molar-refractivity contribution is 0.479. The maximum Gasteiger partial charge on any atom is 0.264 e. The average Bonchev–Trinajstić information content (AvgIpc) is 1.85. The molecule has 0 spiro atoms. The van der Waals surface area contributed by atoms with E-state index in [2.05, 4.69) is 15.9 Å². The maximum absolute atomic E-state index is 10.2. The van der Waals surface area contributed by atoms with Crippen LogP contribution in [-0.2, 0) is 10.1 Å². The number of halogens is 1. The van der Waals surface area contributed by atoms with Gasteiger partial charge < -0.3 is 0 Å². The molecule has 0 aliphatic rings. The first-order valence-electron chi connectivity index (χ1n) is 3.57. The molecular weight excluding hydrogens is 232 g/mol. The fourth-order valence-electron chi connectivity index (χ4n) is 0.733. The summed E-state index contributed by atoms with van der Waals surface area (Å²) in [4.78, 5) is 0. The largest absolute Gasteiger partial charge is 0.286 e. The van der Waals surface area contributed by atoms with E-state index in [1.807, 2.05) is 0 Å². The molecule has 68 valence electrons. The summed E-state index contributed by atoms with van der Waals surface area (Å²) in [6, 6.07) is 0. The van der Waals surface area contributed by atoms with Gasteiger partial charge in [0.1, 0.15) is 0 Å². The summed E-state index contributed by atoms with van der Waals surface area (Å²) in [5.74, 6) is -0.102. The zero-order valence-electron chi connectivity index (χ0n) is 6.29. The molecule has 0 heterocycles. The van der Waals surface area contributed by atoms with Crippen molar-refractivity contribution < 1.29 is 13.0 Å². The summed E-state index contributed by atoms with van der Waals surface area (Å²) in [6.07, 6.45) is 3.50. The molecule has 0 saturated heterocycles. The fraction of sp³-hybridized carbons (Fsp3) is 1.00. The van der Waals surface area contributed by atoms with Gasteiger partial charge in [-0.25, -0.2) is 0 Å². The third-order valence-electron chi connectivity index (χ3n) is 1.29. The normalized spacial score (nSPS) is 11.8. The van der Waals surface area contributed by atoms with Crippen LogP contribution < -0.4 is 0 Å². The molecule has 0 aromatic rings. The number of hydrogen-bond donors (Lipinski definition) is 1. The predicted molar refractivity (Wildman–Crippen MR) is 48.7 cm³/mol. The molecule has 5 heteroatoms. The van der Waals surface area contributed by atoms with Crippen LogP contribution in [0.15, 0.2) is 0 Å². The molecule has 0 unspecified atom stereocenters. The van der Waals surface area contributed by atoms with Gasteiger partial charge in [-0.1, -0.05) is 28.8 Å². The Labute approximate surface area is 76.1 Å². The van der Waals surface area contributed by atoms with Crippen LogP contribution in [0.2, 0.25) is 0 Å². The fourth-order valence-corrected chi connectivity index (χ4v) is 1.70. The first-order chi connectivity index (χ1) is 5.06. The van der Waals surface area contributed by atoms with Gasteiger partial charge in [0.05, 0.1) is 5.75 Å². The lowest BCUT2D eigenvalue weighted by Gasteiger charge is -1.96. The van der Waals surface area contributed by atoms with E-state index in [0.29, 0.717) is 6.42 Å². The van der Waals surface area contributed by atoms with Gasteiger partial charge in [0.15, 0.2) is 0 Å². The van der Waals surface area contributed by atoms with Gasteiger partial charge in [-0.15, -0.1) is 0 Å². The number of rotatable bonds is 6. The highest BCUT2D eigenvalue weighted by molar-refractivity contribution is 9.09. The van der Waals surface area contributed by atoms with E-state index in [1.54, 1.807) is 0 Å². The van der Waals surface area contributed by atoms with Crippen LogP contribution in [0.5, 0.6) is 0 Å². The minimum Gasteiger partial charge on any atom is -0.286 e. The topological polar surface area (TPSA) is 54.4 Å². The van der Waals surface area contributed by atoms with Crippen molar-refractivity contribution in [3.05, 3.63) is 0 Å². The van der Waals surface area contributed by atoms with E-state index in [-0.39, 0.29) is 5.75 Å². The van der Waals surface area contributed by atoms with E-state index in [0.717, 1.165) is 24.6 Å². The summed E-state index contributed by atoms with van der Waals surface area (Å²) in [7, 11) is -3.72. The van der Waals surface area contributed by atoms with Crippen molar-refractivity contribution in [2.24, 2.45) is 0 Å². The van der Waals surface area contributed by atoms with Gasteiger partial charge in [-0.3, -0.25) is 4.55 Å². The molecule has 11 heavy (non-hydrogen) atoms. The highest BCUT2D eigenvalue weighted by atomic mass is 79.9. The zero-order valence-corrected chi connectivity index (χ0v) is 8.70. The Balaban J connectivity index is 3.16. The monoisotopic (exact) mass is 244 g/mol. The van der Waals surface area contributed by atoms with Gasteiger partial charge >= 0.3 is 0 Å². The molecular formula is C6H13BrO3S. The standard InChI is InChI=1S/C6H13BrO3S/c7-5-3-1-2-4-6-11(8,9)10/h1-6H2,(H,8,9,10). The van der Waals surface area contributed by atoms with Crippen LogP contribution in [0.3, 0.4) is 0 Å². The second-order valence-corrected chi connectivity index (χ2v) is 4.75. The lowest BCUT2D eigenvalue weighted by atomic mass is 10.2.